The third kappa shape index (κ3) is 7.14. The SMILES string of the molecule is CC[C@@H]1CC(C)C(C)C(C)C(C)C(C)C[C@@H]1CC.CC[C@@H]1CC2C(C)C(C)C(C)C(C)C2C[C@@H]1CC. The van der Waals surface area contributed by atoms with Crippen LogP contribution in [0.15, 0.2) is 0 Å². The number of fused-ring (bicyclic) bond motifs is 1. The highest BCUT2D eigenvalue weighted by Crippen LogP contribution is 2.54. The maximum absolute atomic E-state index is 2.55. The molecule has 3 rings (SSSR count). The molecule has 0 bridgehead atoms. The van der Waals surface area contributed by atoms with Crippen LogP contribution in [-0.4, -0.2) is 0 Å². The largest absolute Gasteiger partial charge is 0.0651 e. The Morgan fingerprint density at radius 2 is 0.583 bits per heavy atom. The number of rotatable bonds is 4. The molecule has 0 amide bonds. The van der Waals surface area contributed by atoms with Gasteiger partial charge in [0.05, 0.1) is 0 Å². The molecule has 36 heavy (non-hydrogen) atoms. The molecule has 3 fully saturated rings. The second-order valence-corrected chi connectivity index (χ2v) is 14.9. The first-order chi connectivity index (χ1) is 16.9. The van der Waals surface area contributed by atoms with E-state index in [-0.39, 0.29) is 0 Å². The highest BCUT2D eigenvalue weighted by molar-refractivity contribution is 4.96. The fourth-order valence-electron chi connectivity index (χ4n) is 9.66. The summed E-state index contributed by atoms with van der Waals surface area (Å²) in [6.07, 6.45) is 11.6. The summed E-state index contributed by atoms with van der Waals surface area (Å²) in [6.45, 7) is 32.2. The Morgan fingerprint density at radius 3 is 0.861 bits per heavy atom. The van der Waals surface area contributed by atoms with Crippen molar-refractivity contribution >= 4 is 0 Å². The van der Waals surface area contributed by atoms with Gasteiger partial charge in [0, 0.05) is 0 Å². The molecule has 3 aliphatic carbocycles. The van der Waals surface area contributed by atoms with E-state index in [4.69, 9.17) is 0 Å². The van der Waals surface area contributed by atoms with Crippen LogP contribution >= 0.6 is 0 Å². The second-order valence-electron chi connectivity index (χ2n) is 14.9. The van der Waals surface area contributed by atoms with Crippen molar-refractivity contribution in [2.45, 2.75) is 141 Å². The van der Waals surface area contributed by atoms with Crippen LogP contribution in [0.25, 0.3) is 0 Å². The van der Waals surface area contributed by atoms with Gasteiger partial charge in [-0.2, -0.15) is 0 Å². The molecule has 0 aromatic rings. The molecule has 0 N–H and O–H groups in total. The van der Waals surface area contributed by atoms with Gasteiger partial charge in [-0.1, -0.05) is 116 Å². The van der Waals surface area contributed by atoms with E-state index in [2.05, 4.69) is 90.0 Å². The second kappa shape index (κ2) is 14.4. The van der Waals surface area contributed by atoms with Gasteiger partial charge in [0.25, 0.3) is 0 Å². The quantitative estimate of drug-likeness (QED) is 0.358. The summed E-state index contributed by atoms with van der Waals surface area (Å²) in [4.78, 5) is 0. The average molecular weight is 503 g/mol. The van der Waals surface area contributed by atoms with Crippen molar-refractivity contribution in [2.75, 3.05) is 0 Å². The van der Waals surface area contributed by atoms with Crippen molar-refractivity contribution in [1.82, 2.24) is 0 Å². The first-order valence-corrected chi connectivity index (χ1v) is 16.9. The van der Waals surface area contributed by atoms with Crippen molar-refractivity contribution < 1.29 is 0 Å². The van der Waals surface area contributed by atoms with E-state index < -0.39 is 0 Å². The highest BCUT2D eigenvalue weighted by atomic mass is 14.5. The minimum atomic E-state index is 0.878. The van der Waals surface area contributed by atoms with Crippen LogP contribution in [0.3, 0.4) is 0 Å². The van der Waals surface area contributed by atoms with Crippen molar-refractivity contribution in [3.63, 3.8) is 0 Å². The number of hydrogen-bond donors (Lipinski definition) is 0. The Balaban J connectivity index is 0.000000254. The van der Waals surface area contributed by atoms with Crippen LogP contribution in [-0.2, 0) is 0 Å². The van der Waals surface area contributed by atoms with E-state index in [1.165, 1.54) is 51.4 Å². The van der Waals surface area contributed by atoms with E-state index in [9.17, 15) is 0 Å². The topological polar surface area (TPSA) is 0 Å². The Morgan fingerprint density at radius 1 is 0.333 bits per heavy atom. The lowest BCUT2D eigenvalue weighted by Crippen LogP contribution is -2.47. The lowest BCUT2D eigenvalue weighted by atomic mass is 9.51. The van der Waals surface area contributed by atoms with Crippen LogP contribution in [0.1, 0.15) is 141 Å². The fourth-order valence-corrected chi connectivity index (χ4v) is 9.66. The maximum Gasteiger partial charge on any atom is -0.0352 e. The van der Waals surface area contributed by atoms with E-state index in [0.717, 1.165) is 88.8 Å². The zero-order chi connectivity index (χ0) is 27.3. The monoisotopic (exact) mass is 503 g/mol. The van der Waals surface area contributed by atoms with E-state index in [1.807, 2.05) is 0 Å². The minimum absolute atomic E-state index is 0.878. The molecule has 0 saturated heterocycles. The van der Waals surface area contributed by atoms with Crippen LogP contribution in [0.4, 0.5) is 0 Å². The molecule has 214 valence electrons. The lowest BCUT2D eigenvalue weighted by molar-refractivity contribution is -0.0496. The molecule has 11 unspecified atom stereocenters. The maximum atomic E-state index is 2.55. The smallest absolute Gasteiger partial charge is 0.0352 e. The van der Waals surface area contributed by atoms with Crippen molar-refractivity contribution in [3.8, 4) is 0 Å². The molecule has 15 atom stereocenters. The third-order valence-electron chi connectivity index (χ3n) is 13.8. The number of hydrogen-bond acceptors (Lipinski definition) is 0. The van der Waals surface area contributed by atoms with Crippen LogP contribution in [0.5, 0.6) is 0 Å². The Bertz CT molecular complexity index is 555. The molecule has 0 aromatic carbocycles. The van der Waals surface area contributed by atoms with E-state index >= 15 is 0 Å². The van der Waals surface area contributed by atoms with Gasteiger partial charge in [0.15, 0.2) is 0 Å². The first kappa shape index (κ1) is 32.2. The van der Waals surface area contributed by atoms with Gasteiger partial charge in [-0.25, -0.2) is 0 Å². The molecular formula is C36H70. The summed E-state index contributed by atoms with van der Waals surface area (Å²) >= 11 is 0. The zero-order valence-electron chi connectivity index (χ0n) is 27.3. The summed E-state index contributed by atoms with van der Waals surface area (Å²) in [7, 11) is 0. The summed E-state index contributed by atoms with van der Waals surface area (Å²) in [6, 6.07) is 0. The zero-order valence-corrected chi connectivity index (χ0v) is 27.3. The van der Waals surface area contributed by atoms with E-state index in [0.29, 0.717) is 0 Å². The Labute approximate surface area is 230 Å². The predicted octanol–water partition coefficient (Wildman–Crippen LogP) is 11.6. The fraction of sp³-hybridized carbons (Fsp3) is 1.00. The molecular weight excluding hydrogens is 432 g/mol. The van der Waals surface area contributed by atoms with Gasteiger partial charge in [-0.05, 0) is 114 Å². The van der Waals surface area contributed by atoms with Gasteiger partial charge in [0.2, 0.25) is 0 Å². The van der Waals surface area contributed by atoms with Crippen molar-refractivity contribution in [1.29, 1.82) is 0 Å². The third-order valence-corrected chi connectivity index (χ3v) is 13.8. The van der Waals surface area contributed by atoms with Crippen molar-refractivity contribution in [2.24, 2.45) is 88.8 Å². The molecule has 0 heteroatoms. The molecule has 0 spiro atoms. The highest BCUT2D eigenvalue weighted by Gasteiger charge is 2.47. The molecule has 0 radical (unpaired) electrons. The van der Waals surface area contributed by atoms with E-state index in [1.54, 1.807) is 0 Å². The van der Waals surface area contributed by atoms with Crippen LogP contribution in [0, 0.1) is 88.8 Å². The lowest BCUT2D eigenvalue weighted by Gasteiger charge is -2.54. The summed E-state index contributed by atoms with van der Waals surface area (Å²) in [5.41, 5.74) is 0. The van der Waals surface area contributed by atoms with Crippen LogP contribution < -0.4 is 0 Å². The minimum Gasteiger partial charge on any atom is -0.0651 e. The Hall–Kier alpha value is 0. The summed E-state index contributed by atoms with van der Waals surface area (Å²) < 4.78 is 0. The Kier molecular flexibility index (Phi) is 12.9. The molecule has 0 aliphatic heterocycles. The van der Waals surface area contributed by atoms with Gasteiger partial charge in [-0.3, -0.25) is 0 Å². The normalized spacial score (nSPS) is 50.1. The molecule has 0 heterocycles. The summed E-state index contributed by atoms with van der Waals surface area (Å²) in [5.74, 6) is 14.2. The van der Waals surface area contributed by atoms with Crippen LogP contribution in [0.2, 0.25) is 0 Å². The average Bonchev–Trinajstić information content (AvgIpc) is 2.92. The first-order valence-electron chi connectivity index (χ1n) is 16.9. The molecule has 0 nitrogen and oxygen atoms in total. The molecule has 3 aliphatic rings. The molecule has 3 saturated carbocycles. The van der Waals surface area contributed by atoms with Gasteiger partial charge >= 0.3 is 0 Å². The molecule has 0 aromatic heterocycles. The van der Waals surface area contributed by atoms with Gasteiger partial charge in [-0.15, -0.1) is 0 Å². The van der Waals surface area contributed by atoms with Gasteiger partial charge < -0.3 is 0 Å². The standard InChI is InChI=1S/C18H34.C18H36/c1-7-15-9-17-13(5)11(3)12(4)14(6)18(17)10-16(15)8-2;1-8-17-10-12(3)14(5)16(7)15(6)13(4)11-18(17)9-2/h11-18H,7-10H2,1-6H3;12-18H,8-11H2,1-7H3/t11?,12?,13?,14?,15-,16+,17?,18?;12?,13?,14?,15?,16?,17-,18+. The van der Waals surface area contributed by atoms with Crippen molar-refractivity contribution in [3.05, 3.63) is 0 Å². The predicted molar refractivity (Wildman–Crippen MR) is 163 cm³/mol. The van der Waals surface area contributed by atoms with Gasteiger partial charge in [0.1, 0.15) is 0 Å². The summed E-state index contributed by atoms with van der Waals surface area (Å²) in [5, 5.41) is 0.